The monoisotopic (exact) mass is 364 g/mol. The maximum absolute atomic E-state index is 12.8. The molecule has 1 saturated carbocycles. The van der Waals surface area contributed by atoms with E-state index in [1.807, 2.05) is 19.1 Å². The summed E-state index contributed by atoms with van der Waals surface area (Å²) >= 11 is 1.65. The van der Waals surface area contributed by atoms with Crippen LogP contribution in [0.2, 0.25) is 0 Å². The lowest BCUT2D eigenvalue weighted by Gasteiger charge is -2.09. The average Bonchev–Trinajstić information content (AvgIpc) is 3.32. The third kappa shape index (κ3) is 3.22. The second-order valence-electron chi connectivity index (χ2n) is 5.93. The number of aromatic nitrogens is 4. The van der Waals surface area contributed by atoms with Crippen molar-refractivity contribution in [3.63, 3.8) is 0 Å². The first-order chi connectivity index (χ1) is 12.0. The molecule has 0 aromatic carbocycles. The van der Waals surface area contributed by atoms with Gasteiger partial charge in [-0.3, -0.25) is 0 Å². The van der Waals surface area contributed by atoms with Crippen LogP contribution in [0.1, 0.15) is 37.1 Å². The highest BCUT2D eigenvalue weighted by atomic mass is 32.2. The molecule has 1 aliphatic carbocycles. The first-order valence-corrected chi connectivity index (χ1v) is 9.02. The van der Waals surface area contributed by atoms with Gasteiger partial charge in [0.05, 0.1) is 5.69 Å². The SMILES string of the molecule is CCSc1ccc(C2CC2)nc1-c1ccn2nc(C(F)(F)F)cc2n1. The van der Waals surface area contributed by atoms with Crippen LogP contribution in [0.3, 0.4) is 0 Å². The van der Waals surface area contributed by atoms with Gasteiger partial charge in [-0.25, -0.2) is 14.5 Å². The Balaban J connectivity index is 1.81. The molecule has 0 atom stereocenters. The molecule has 4 rings (SSSR count). The van der Waals surface area contributed by atoms with Gasteiger partial charge in [0.2, 0.25) is 0 Å². The van der Waals surface area contributed by atoms with E-state index in [4.69, 9.17) is 4.98 Å². The molecule has 0 spiro atoms. The summed E-state index contributed by atoms with van der Waals surface area (Å²) in [4.78, 5) is 10.1. The van der Waals surface area contributed by atoms with Crippen LogP contribution in [-0.2, 0) is 6.18 Å². The van der Waals surface area contributed by atoms with Crippen LogP contribution in [0.5, 0.6) is 0 Å². The first-order valence-electron chi connectivity index (χ1n) is 8.03. The Morgan fingerprint density at radius 2 is 2.00 bits per heavy atom. The highest BCUT2D eigenvalue weighted by Gasteiger charge is 2.34. The average molecular weight is 364 g/mol. The number of hydrogen-bond acceptors (Lipinski definition) is 4. The summed E-state index contributed by atoms with van der Waals surface area (Å²) < 4.78 is 39.7. The first kappa shape index (κ1) is 16.4. The molecule has 3 aromatic rings. The van der Waals surface area contributed by atoms with Gasteiger partial charge in [-0.05, 0) is 36.8 Å². The van der Waals surface area contributed by atoms with Gasteiger partial charge in [-0.2, -0.15) is 18.3 Å². The fourth-order valence-corrected chi connectivity index (χ4v) is 3.44. The fraction of sp³-hybridized carbons (Fsp3) is 0.353. The Morgan fingerprint density at radius 1 is 1.20 bits per heavy atom. The van der Waals surface area contributed by atoms with E-state index < -0.39 is 11.9 Å². The molecule has 0 amide bonds. The summed E-state index contributed by atoms with van der Waals surface area (Å²) in [7, 11) is 0. The van der Waals surface area contributed by atoms with Gasteiger partial charge in [0.25, 0.3) is 0 Å². The smallest absolute Gasteiger partial charge is 0.250 e. The van der Waals surface area contributed by atoms with Crippen molar-refractivity contribution in [3.8, 4) is 11.4 Å². The molecule has 3 aromatic heterocycles. The van der Waals surface area contributed by atoms with Crippen LogP contribution < -0.4 is 0 Å². The number of pyridine rings is 1. The second-order valence-corrected chi connectivity index (χ2v) is 7.24. The van der Waals surface area contributed by atoms with E-state index in [2.05, 4.69) is 10.1 Å². The van der Waals surface area contributed by atoms with Gasteiger partial charge in [0, 0.05) is 28.8 Å². The van der Waals surface area contributed by atoms with Gasteiger partial charge < -0.3 is 0 Å². The van der Waals surface area contributed by atoms with E-state index >= 15 is 0 Å². The molecule has 130 valence electrons. The standard InChI is InChI=1S/C17H15F3N4S/c1-2-25-13-6-5-11(10-3-4-10)22-16(13)12-7-8-24-15(21-12)9-14(23-24)17(18,19)20/h5-10H,2-4H2,1H3. The van der Waals surface area contributed by atoms with Crippen molar-refractivity contribution in [2.45, 2.75) is 36.8 Å². The van der Waals surface area contributed by atoms with Crippen LogP contribution >= 0.6 is 11.8 Å². The number of hydrogen-bond donors (Lipinski definition) is 0. The van der Waals surface area contributed by atoms with Gasteiger partial charge in [0.1, 0.15) is 5.69 Å². The topological polar surface area (TPSA) is 43.1 Å². The molecular formula is C17H15F3N4S. The van der Waals surface area contributed by atoms with Crippen molar-refractivity contribution < 1.29 is 13.2 Å². The third-order valence-electron chi connectivity index (χ3n) is 4.03. The molecule has 4 nitrogen and oxygen atoms in total. The van der Waals surface area contributed by atoms with Crippen LogP contribution in [0.15, 0.2) is 35.4 Å². The number of nitrogens with zero attached hydrogens (tertiary/aromatic N) is 4. The van der Waals surface area contributed by atoms with Crippen molar-refractivity contribution in [1.82, 2.24) is 19.6 Å². The summed E-state index contributed by atoms with van der Waals surface area (Å²) in [5, 5.41) is 3.54. The zero-order valence-electron chi connectivity index (χ0n) is 13.4. The minimum atomic E-state index is -4.48. The lowest BCUT2D eigenvalue weighted by atomic mass is 10.2. The molecule has 0 saturated heterocycles. The summed E-state index contributed by atoms with van der Waals surface area (Å²) in [5.41, 5.74) is 1.55. The molecule has 1 fully saturated rings. The lowest BCUT2D eigenvalue weighted by molar-refractivity contribution is -0.141. The summed E-state index contributed by atoms with van der Waals surface area (Å²) in [6.45, 7) is 2.05. The van der Waals surface area contributed by atoms with Crippen LogP contribution in [-0.4, -0.2) is 25.3 Å². The quantitative estimate of drug-likeness (QED) is 0.624. The molecule has 3 heterocycles. The van der Waals surface area contributed by atoms with E-state index in [0.717, 1.165) is 45.5 Å². The van der Waals surface area contributed by atoms with Crippen molar-refractivity contribution in [2.24, 2.45) is 0 Å². The molecular weight excluding hydrogens is 349 g/mol. The maximum atomic E-state index is 12.8. The van der Waals surface area contributed by atoms with Crippen LogP contribution in [0.4, 0.5) is 13.2 Å². The Kier molecular flexibility index (Phi) is 3.94. The molecule has 0 unspecified atom stereocenters. The normalized spacial score (nSPS) is 15.0. The van der Waals surface area contributed by atoms with Crippen molar-refractivity contribution in [2.75, 3.05) is 5.75 Å². The van der Waals surface area contributed by atoms with Gasteiger partial charge in [-0.1, -0.05) is 6.92 Å². The molecule has 0 aliphatic heterocycles. The minimum absolute atomic E-state index is 0.163. The van der Waals surface area contributed by atoms with Crippen molar-refractivity contribution in [1.29, 1.82) is 0 Å². The number of alkyl halides is 3. The lowest BCUT2D eigenvalue weighted by Crippen LogP contribution is -2.05. The minimum Gasteiger partial charge on any atom is -0.250 e. The fourth-order valence-electron chi connectivity index (χ4n) is 2.67. The number of rotatable bonds is 4. The Morgan fingerprint density at radius 3 is 2.68 bits per heavy atom. The molecule has 0 N–H and O–H groups in total. The number of thioether (sulfide) groups is 1. The highest BCUT2D eigenvalue weighted by Crippen LogP contribution is 2.41. The third-order valence-corrected chi connectivity index (χ3v) is 4.96. The highest BCUT2D eigenvalue weighted by molar-refractivity contribution is 7.99. The number of halogens is 3. The van der Waals surface area contributed by atoms with E-state index in [9.17, 15) is 13.2 Å². The Hall–Kier alpha value is -2.09. The predicted molar refractivity (Wildman–Crippen MR) is 89.6 cm³/mol. The van der Waals surface area contributed by atoms with Crippen LogP contribution in [0, 0.1) is 0 Å². The molecule has 0 bridgehead atoms. The number of fused-ring (bicyclic) bond motifs is 1. The zero-order valence-corrected chi connectivity index (χ0v) is 14.2. The largest absolute Gasteiger partial charge is 0.435 e. The van der Waals surface area contributed by atoms with Crippen molar-refractivity contribution in [3.05, 3.63) is 41.9 Å². The van der Waals surface area contributed by atoms with Crippen molar-refractivity contribution >= 4 is 17.4 Å². The molecule has 25 heavy (non-hydrogen) atoms. The van der Waals surface area contributed by atoms with E-state index in [0.29, 0.717) is 11.6 Å². The van der Waals surface area contributed by atoms with E-state index in [1.165, 1.54) is 6.20 Å². The maximum Gasteiger partial charge on any atom is 0.435 e. The Bertz CT molecular complexity index is 931. The molecule has 8 heteroatoms. The molecule has 0 radical (unpaired) electrons. The summed E-state index contributed by atoms with van der Waals surface area (Å²) in [6.07, 6.45) is -0.715. The predicted octanol–water partition coefficient (Wildman–Crippen LogP) is 4.80. The molecule has 1 aliphatic rings. The second kappa shape index (κ2) is 6.01. The van der Waals surface area contributed by atoms with Gasteiger partial charge >= 0.3 is 6.18 Å². The van der Waals surface area contributed by atoms with E-state index in [-0.39, 0.29) is 5.65 Å². The summed E-state index contributed by atoms with van der Waals surface area (Å²) in [5.74, 6) is 1.37. The van der Waals surface area contributed by atoms with Crippen LogP contribution in [0.25, 0.3) is 17.0 Å². The summed E-state index contributed by atoms with van der Waals surface area (Å²) in [6, 6.07) is 6.70. The van der Waals surface area contributed by atoms with E-state index in [1.54, 1.807) is 17.8 Å². The van der Waals surface area contributed by atoms with Gasteiger partial charge in [0.15, 0.2) is 11.3 Å². The Labute approximate surface area is 146 Å². The van der Waals surface area contributed by atoms with Gasteiger partial charge in [-0.15, -0.1) is 11.8 Å². The zero-order chi connectivity index (χ0) is 17.6.